The molecule has 1 saturated heterocycles. The maximum atomic E-state index is 6.09. The van der Waals surface area contributed by atoms with Crippen LogP contribution in [0.5, 0.6) is 0 Å². The Morgan fingerprint density at radius 2 is 2.10 bits per heavy atom. The third-order valence-corrected chi connectivity index (χ3v) is 3.48. The number of halogens is 1. The van der Waals surface area contributed by atoms with E-state index in [0.29, 0.717) is 18.2 Å². The first-order valence-corrected chi connectivity index (χ1v) is 7.10. The Bertz CT molecular complexity index is 605. The highest BCUT2D eigenvalue weighted by Gasteiger charge is 2.28. The lowest BCUT2D eigenvalue weighted by Crippen LogP contribution is -2.45. The number of hydrogen-bond donors (Lipinski definition) is 1. The number of anilines is 1. The highest BCUT2D eigenvalue weighted by Crippen LogP contribution is 2.26. The molecule has 0 amide bonds. The molecule has 2 heterocycles. The van der Waals surface area contributed by atoms with Crippen LogP contribution < -0.4 is 5.32 Å². The molecule has 0 radical (unpaired) electrons. The number of benzene rings is 1. The van der Waals surface area contributed by atoms with E-state index in [1.165, 1.54) is 6.33 Å². The molecule has 1 aromatic heterocycles. The lowest BCUT2D eigenvalue weighted by atomic mass is 10.2. The normalized spacial score (nSPS) is 18.6. The van der Waals surface area contributed by atoms with Gasteiger partial charge in [-0.2, -0.15) is 5.10 Å². The van der Waals surface area contributed by atoms with Crippen LogP contribution in [0.15, 0.2) is 30.9 Å². The predicted octanol–water partition coefficient (Wildman–Crippen LogP) is 2.48. The first-order valence-electron chi connectivity index (χ1n) is 6.72. The van der Waals surface area contributed by atoms with Gasteiger partial charge in [-0.1, -0.05) is 11.6 Å². The Balaban J connectivity index is 1.80. The van der Waals surface area contributed by atoms with Gasteiger partial charge in [-0.15, -0.1) is 0 Å². The molecule has 21 heavy (non-hydrogen) atoms. The van der Waals surface area contributed by atoms with Crippen molar-refractivity contribution in [3.8, 4) is 5.69 Å². The molecule has 1 aromatic carbocycles. The summed E-state index contributed by atoms with van der Waals surface area (Å²) in [5.74, 6) is -0.527. The Morgan fingerprint density at radius 3 is 2.76 bits per heavy atom. The van der Waals surface area contributed by atoms with Crippen molar-refractivity contribution >= 4 is 17.3 Å². The maximum absolute atomic E-state index is 6.09. The van der Waals surface area contributed by atoms with E-state index in [1.807, 2.05) is 32.0 Å². The summed E-state index contributed by atoms with van der Waals surface area (Å²) in [6.45, 7) is 4.94. The van der Waals surface area contributed by atoms with Crippen molar-refractivity contribution in [3.05, 3.63) is 35.9 Å². The Kier molecular flexibility index (Phi) is 3.84. The van der Waals surface area contributed by atoms with E-state index in [4.69, 9.17) is 21.1 Å². The number of nitrogens with zero attached hydrogens (tertiary/aromatic N) is 3. The van der Waals surface area contributed by atoms with E-state index in [-0.39, 0.29) is 6.04 Å². The molecule has 0 atom stereocenters. The molecule has 1 aliphatic rings. The van der Waals surface area contributed by atoms with Crippen LogP contribution in [0.25, 0.3) is 5.69 Å². The second-order valence-electron chi connectivity index (χ2n) is 5.36. The summed E-state index contributed by atoms with van der Waals surface area (Å²) in [4.78, 5) is 3.97. The summed E-state index contributed by atoms with van der Waals surface area (Å²) in [5, 5.41) is 8.20. The fraction of sp³-hybridized carbons (Fsp3) is 0.429. The first-order chi connectivity index (χ1) is 10.0. The minimum atomic E-state index is -0.527. The number of nitrogens with one attached hydrogen (secondary N) is 1. The van der Waals surface area contributed by atoms with E-state index in [1.54, 1.807) is 11.0 Å². The zero-order valence-electron chi connectivity index (χ0n) is 11.9. The van der Waals surface area contributed by atoms with Gasteiger partial charge >= 0.3 is 0 Å². The third kappa shape index (κ3) is 3.34. The van der Waals surface area contributed by atoms with Crippen molar-refractivity contribution < 1.29 is 9.47 Å². The van der Waals surface area contributed by atoms with Crippen LogP contribution >= 0.6 is 11.6 Å². The average Bonchev–Trinajstić information content (AvgIpc) is 2.95. The molecule has 1 aliphatic heterocycles. The standard InChI is InChI=1S/C14H17ClN4O2/c1-14(2)20-6-11(7-21-14)18-12-5-10(15)3-4-13(12)19-9-16-8-17-19/h3-5,8-9,11,18H,6-7H2,1-2H3. The molecule has 1 fully saturated rings. The number of aromatic nitrogens is 3. The van der Waals surface area contributed by atoms with Crippen molar-refractivity contribution in [2.75, 3.05) is 18.5 Å². The van der Waals surface area contributed by atoms with Crippen LogP contribution in [0.1, 0.15) is 13.8 Å². The number of ether oxygens (including phenoxy) is 2. The van der Waals surface area contributed by atoms with Gasteiger partial charge in [0.25, 0.3) is 0 Å². The van der Waals surface area contributed by atoms with Gasteiger partial charge in [0, 0.05) is 5.02 Å². The van der Waals surface area contributed by atoms with Gasteiger partial charge < -0.3 is 14.8 Å². The molecule has 0 saturated carbocycles. The van der Waals surface area contributed by atoms with Crippen molar-refractivity contribution in [3.63, 3.8) is 0 Å². The fourth-order valence-electron chi connectivity index (χ4n) is 2.15. The summed E-state index contributed by atoms with van der Waals surface area (Å²) in [6, 6.07) is 5.63. The molecule has 7 heteroatoms. The first kappa shape index (κ1) is 14.3. The van der Waals surface area contributed by atoms with E-state index in [2.05, 4.69) is 15.4 Å². The molecular weight excluding hydrogens is 292 g/mol. The van der Waals surface area contributed by atoms with E-state index in [9.17, 15) is 0 Å². The van der Waals surface area contributed by atoms with Crippen LogP contribution in [-0.2, 0) is 9.47 Å². The molecule has 3 rings (SSSR count). The second kappa shape index (κ2) is 5.63. The minimum Gasteiger partial charge on any atom is -0.376 e. The lowest BCUT2D eigenvalue weighted by molar-refractivity contribution is -0.247. The third-order valence-electron chi connectivity index (χ3n) is 3.25. The topological polar surface area (TPSA) is 61.2 Å². The molecule has 6 nitrogen and oxygen atoms in total. The van der Waals surface area contributed by atoms with Crippen molar-refractivity contribution in [2.24, 2.45) is 0 Å². The summed E-state index contributed by atoms with van der Waals surface area (Å²) in [6.07, 6.45) is 3.14. The van der Waals surface area contributed by atoms with Gasteiger partial charge in [0.2, 0.25) is 0 Å². The molecular formula is C14H17ClN4O2. The van der Waals surface area contributed by atoms with Gasteiger partial charge in [-0.05, 0) is 32.0 Å². The van der Waals surface area contributed by atoms with Crippen LogP contribution in [0.4, 0.5) is 5.69 Å². The summed E-state index contributed by atoms with van der Waals surface area (Å²) in [5.41, 5.74) is 1.74. The molecule has 0 aliphatic carbocycles. The van der Waals surface area contributed by atoms with Gasteiger partial charge in [-0.3, -0.25) is 0 Å². The van der Waals surface area contributed by atoms with Gasteiger partial charge in [0.05, 0.1) is 30.6 Å². The monoisotopic (exact) mass is 308 g/mol. The quantitative estimate of drug-likeness (QED) is 0.944. The zero-order valence-corrected chi connectivity index (χ0v) is 12.7. The predicted molar refractivity (Wildman–Crippen MR) is 79.8 cm³/mol. The minimum absolute atomic E-state index is 0.0544. The van der Waals surface area contributed by atoms with Crippen LogP contribution in [0.3, 0.4) is 0 Å². The lowest BCUT2D eigenvalue weighted by Gasteiger charge is -2.35. The molecule has 0 spiro atoms. The van der Waals surface area contributed by atoms with Crippen LogP contribution in [0.2, 0.25) is 5.02 Å². The molecule has 2 aromatic rings. The van der Waals surface area contributed by atoms with Crippen molar-refractivity contribution in [1.82, 2.24) is 14.8 Å². The van der Waals surface area contributed by atoms with Crippen LogP contribution in [0, 0.1) is 0 Å². The Labute approximate surface area is 128 Å². The SMILES string of the molecule is CC1(C)OCC(Nc2cc(Cl)ccc2-n2cncn2)CO1. The summed E-state index contributed by atoms with van der Waals surface area (Å²) < 4.78 is 13.0. The molecule has 0 unspecified atom stereocenters. The smallest absolute Gasteiger partial charge is 0.162 e. The van der Waals surface area contributed by atoms with Crippen molar-refractivity contribution in [1.29, 1.82) is 0 Å². The summed E-state index contributed by atoms with van der Waals surface area (Å²) >= 11 is 6.09. The molecule has 112 valence electrons. The van der Waals surface area contributed by atoms with E-state index < -0.39 is 5.79 Å². The fourth-order valence-corrected chi connectivity index (χ4v) is 2.32. The largest absolute Gasteiger partial charge is 0.376 e. The zero-order chi connectivity index (χ0) is 14.9. The van der Waals surface area contributed by atoms with Gasteiger partial charge in [-0.25, -0.2) is 9.67 Å². The Hall–Kier alpha value is -1.63. The van der Waals surface area contributed by atoms with Crippen LogP contribution in [-0.4, -0.2) is 39.8 Å². The second-order valence-corrected chi connectivity index (χ2v) is 5.80. The van der Waals surface area contributed by atoms with Crippen molar-refractivity contribution in [2.45, 2.75) is 25.7 Å². The number of rotatable bonds is 3. The average molecular weight is 309 g/mol. The highest BCUT2D eigenvalue weighted by molar-refractivity contribution is 6.31. The summed E-state index contributed by atoms with van der Waals surface area (Å²) in [7, 11) is 0. The van der Waals surface area contributed by atoms with Gasteiger partial charge in [0.15, 0.2) is 5.79 Å². The van der Waals surface area contributed by atoms with Gasteiger partial charge in [0.1, 0.15) is 12.7 Å². The van der Waals surface area contributed by atoms with E-state index >= 15 is 0 Å². The molecule has 1 N–H and O–H groups in total. The number of hydrogen-bond acceptors (Lipinski definition) is 5. The maximum Gasteiger partial charge on any atom is 0.162 e. The molecule has 0 bridgehead atoms. The Morgan fingerprint density at radius 1 is 1.33 bits per heavy atom. The highest BCUT2D eigenvalue weighted by atomic mass is 35.5. The van der Waals surface area contributed by atoms with E-state index in [0.717, 1.165) is 11.4 Å².